The third-order valence-corrected chi connectivity index (χ3v) is 6.35. The van der Waals surface area contributed by atoms with Crippen molar-refractivity contribution in [1.82, 2.24) is 15.2 Å². The number of amides is 1. The predicted molar refractivity (Wildman–Crippen MR) is 112 cm³/mol. The van der Waals surface area contributed by atoms with E-state index in [9.17, 15) is 14.7 Å². The number of benzene rings is 2. The summed E-state index contributed by atoms with van der Waals surface area (Å²) >= 11 is 0. The van der Waals surface area contributed by atoms with Crippen molar-refractivity contribution in [2.45, 2.75) is 36.8 Å². The van der Waals surface area contributed by atoms with E-state index < -0.39 is 11.2 Å². The van der Waals surface area contributed by atoms with Crippen molar-refractivity contribution in [1.29, 1.82) is 0 Å². The van der Waals surface area contributed by atoms with Crippen LogP contribution in [0.3, 0.4) is 0 Å². The van der Waals surface area contributed by atoms with Crippen molar-refractivity contribution >= 4 is 17.0 Å². The first-order valence-electron chi connectivity index (χ1n) is 10.4. The zero-order valence-corrected chi connectivity index (χ0v) is 16.6. The van der Waals surface area contributed by atoms with E-state index >= 15 is 0 Å². The van der Waals surface area contributed by atoms with E-state index in [1.165, 1.54) is 0 Å². The maximum atomic E-state index is 13.4. The predicted octanol–water partition coefficient (Wildman–Crippen LogP) is 2.08. The van der Waals surface area contributed by atoms with Gasteiger partial charge in [0.1, 0.15) is 0 Å². The Morgan fingerprint density at radius 2 is 2.07 bits per heavy atom. The molecular weight excluding hydrogens is 382 g/mol. The number of fused-ring (bicyclic) bond motifs is 1. The number of aromatic nitrogens is 1. The Morgan fingerprint density at radius 1 is 1.27 bits per heavy atom. The van der Waals surface area contributed by atoms with Gasteiger partial charge < -0.3 is 14.8 Å². The smallest absolute Gasteiger partial charge is 0.408 e. The largest absolute Gasteiger partial charge is 0.417 e. The standard InChI is InChI=1S/C23H25N3O4/c27-17-8-11-26(13-17)14-19(15-4-2-1-3-5-15)24-21(28)23(9-10-23)16-6-7-20-18(12-16)25-22(29)30-20/h1-7,12,17,19,27H,8-11,13-14H2,(H,24,28)(H,25,29). The Balaban J connectivity index is 1.39. The van der Waals surface area contributed by atoms with Gasteiger partial charge in [0.25, 0.3) is 0 Å². The van der Waals surface area contributed by atoms with E-state index in [4.69, 9.17) is 4.42 Å². The third-order valence-electron chi connectivity index (χ3n) is 6.35. The first kappa shape index (κ1) is 19.1. The molecule has 0 bridgehead atoms. The molecule has 5 rings (SSSR count). The molecule has 3 N–H and O–H groups in total. The number of carbonyl (C=O) groups is 1. The number of aliphatic hydroxyl groups excluding tert-OH is 1. The second-order valence-corrected chi connectivity index (χ2v) is 8.45. The Labute approximate surface area is 173 Å². The molecule has 156 valence electrons. The average Bonchev–Trinajstić information content (AvgIpc) is 3.33. The van der Waals surface area contributed by atoms with Crippen LogP contribution in [0.1, 0.15) is 36.4 Å². The molecule has 2 aromatic carbocycles. The van der Waals surface area contributed by atoms with Gasteiger partial charge in [0.15, 0.2) is 5.58 Å². The Bertz CT molecular complexity index is 1120. The lowest BCUT2D eigenvalue weighted by molar-refractivity contribution is -0.124. The van der Waals surface area contributed by atoms with Gasteiger partial charge in [-0.25, -0.2) is 4.79 Å². The van der Waals surface area contributed by atoms with Crippen molar-refractivity contribution in [3.63, 3.8) is 0 Å². The van der Waals surface area contributed by atoms with Crippen molar-refractivity contribution in [2.24, 2.45) is 0 Å². The normalized spacial score (nSPS) is 21.6. The molecule has 2 unspecified atom stereocenters. The number of likely N-dealkylation sites (tertiary alicyclic amines) is 1. The molecule has 1 amide bonds. The van der Waals surface area contributed by atoms with E-state index in [1.807, 2.05) is 42.5 Å². The molecular formula is C23H25N3O4. The van der Waals surface area contributed by atoms with Gasteiger partial charge in [-0.2, -0.15) is 0 Å². The summed E-state index contributed by atoms with van der Waals surface area (Å²) < 4.78 is 5.08. The molecule has 2 heterocycles. The minimum atomic E-state index is -0.570. The van der Waals surface area contributed by atoms with Crippen LogP contribution in [-0.4, -0.2) is 46.6 Å². The number of oxazole rings is 1. The summed E-state index contributed by atoms with van der Waals surface area (Å²) in [6.07, 6.45) is 2.02. The highest BCUT2D eigenvalue weighted by atomic mass is 16.4. The maximum Gasteiger partial charge on any atom is 0.417 e. The summed E-state index contributed by atoms with van der Waals surface area (Å²) in [5.74, 6) is -0.491. The van der Waals surface area contributed by atoms with Gasteiger partial charge in [0.2, 0.25) is 5.91 Å². The molecule has 1 saturated heterocycles. The fourth-order valence-electron chi connectivity index (χ4n) is 4.47. The lowest BCUT2D eigenvalue weighted by Gasteiger charge is -2.27. The highest BCUT2D eigenvalue weighted by Crippen LogP contribution is 2.49. The van der Waals surface area contributed by atoms with Gasteiger partial charge in [-0.1, -0.05) is 36.4 Å². The summed E-state index contributed by atoms with van der Waals surface area (Å²) in [5, 5.41) is 13.2. The molecule has 2 aliphatic rings. The summed E-state index contributed by atoms with van der Waals surface area (Å²) in [6, 6.07) is 15.3. The molecule has 3 aromatic rings. The number of nitrogens with zero attached hydrogens (tertiary/aromatic N) is 1. The van der Waals surface area contributed by atoms with Gasteiger partial charge in [-0.15, -0.1) is 0 Å². The van der Waals surface area contributed by atoms with Crippen LogP contribution < -0.4 is 11.1 Å². The van der Waals surface area contributed by atoms with Gasteiger partial charge in [0.05, 0.1) is 23.1 Å². The molecule has 0 spiro atoms. The molecule has 7 nitrogen and oxygen atoms in total. The summed E-state index contributed by atoms with van der Waals surface area (Å²) in [5.41, 5.74) is 2.49. The highest BCUT2D eigenvalue weighted by molar-refractivity contribution is 5.92. The number of nitrogens with one attached hydrogen (secondary N) is 2. The van der Waals surface area contributed by atoms with Crippen LogP contribution in [0.15, 0.2) is 57.7 Å². The number of aromatic amines is 1. The fourth-order valence-corrected chi connectivity index (χ4v) is 4.47. The number of carbonyl (C=O) groups excluding carboxylic acids is 1. The van der Waals surface area contributed by atoms with E-state index in [-0.39, 0.29) is 18.1 Å². The molecule has 30 heavy (non-hydrogen) atoms. The van der Waals surface area contributed by atoms with E-state index in [0.29, 0.717) is 24.2 Å². The number of hydrogen-bond donors (Lipinski definition) is 3. The fraction of sp³-hybridized carbons (Fsp3) is 0.391. The topological polar surface area (TPSA) is 98.6 Å². The lowest BCUT2D eigenvalue weighted by Crippen LogP contribution is -2.42. The molecule has 2 atom stereocenters. The highest BCUT2D eigenvalue weighted by Gasteiger charge is 2.52. The maximum absolute atomic E-state index is 13.4. The first-order valence-corrected chi connectivity index (χ1v) is 10.4. The molecule has 1 aromatic heterocycles. The van der Waals surface area contributed by atoms with Gasteiger partial charge in [-0.05, 0) is 42.5 Å². The minimum absolute atomic E-state index is 0.00119. The average molecular weight is 407 g/mol. The van der Waals surface area contributed by atoms with Gasteiger partial charge >= 0.3 is 5.76 Å². The van der Waals surface area contributed by atoms with Crippen LogP contribution in [0, 0.1) is 0 Å². The Morgan fingerprint density at radius 3 is 2.77 bits per heavy atom. The molecule has 7 heteroatoms. The molecule has 1 aliphatic carbocycles. The quantitative estimate of drug-likeness (QED) is 0.581. The van der Waals surface area contributed by atoms with Crippen LogP contribution in [0.25, 0.3) is 11.1 Å². The van der Waals surface area contributed by atoms with Crippen molar-refractivity contribution in [3.05, 3.63) is 70.2 Å². The molecule has 1 aliphatic heterocycles. The Hall–Kier alpha value is -2.90. The van der Waals surface area contributed by atoms with Crippen molar-refractivity contribution in [3.8, 4) is 0 Å². The third kappa shape index (κ3) is 3.55. The van der Waals surface area contributed by atoms with Crippen LogP contribution in [0.4, 0.5) is 0 Å². The number of rotatable bonds is 6. The van der Waals surface area contributed by atoms with Gasteiger partial charge in [-0.3, -0.25) is 14.7 Å². The number of β-amino-alcohol motifs (C(OH)–C–C–N with tert-alkyl or cyclic N) is 1. The lowest BCUT2D eigenvalue weighted by atomic mass is 9.93. The summed E-state index contributed by atoms with van der Waals surface area (Å²) in [7, 11) is 0. The van der Waals surface area contributed by atoms with Crippen LogP contribution >= 0.6 is 0 Å². The van der Waals surface area contributed by atoms with Gasteiger partial charge in [0, 0.05) is 19.6 Å². The summed E-state index contributed by atoms with van der Waals surface area (Å²) in [4.78, 5) is 29.8. The zero-order chi connectivity index (χ0) is 20.7. The minimum Gasteiger partial charge on any atom is -0.408 e. The molecule has 2 fully saturated rings. The molecule has 0 radical (unpaired) electrons. The summed E-state index contributed by atoms with van der Waals surface area (Å²) in [6.45, 7) is 2.13. The number of aliphatic hydroxyl groups is 1. The second kappa shape index (κ2) is 7.41. The van der Waals surface area contributed by atoms with Crippen molar-refractivity contribution in [2.75, 3.05) is 19.6 Å². The zero-order valence-electron chi connectivity index (χ0n) is 16.6. The molecule has 1 saturated carbocycles. The van der Waals surface area contributed by atoms with Crippen molar-refractivity contribution < 1.29 is 14.3 Å². The number of H-pyrrole nitrogens is 1. The van der Waals surface area contributed by atoms with E-state index in [1.54, 1.807) is 6.07 Å². The number of hydrogen-bond acceptors (Lipinski definition) is 5. The van der Waals surface area contributed by atoms with Crippen LogP contribution in [0.2, 0.25) is 0 Å². The van der Waals surface area contributed by atoms with Crippen LogP contribution in [-0.2, 0) is 10.2 Å². The van der Waals surface area contributed by atoms with E-state index in [2.05, 4.69) is 15.2 Å². The SMILES string of the molecule is O=C(NC(CN1CCC(O)C1)c1ccccc1)C1(c2ccc3oc(=O)[nH]c3c2)CC1. The monoisotopic (exact) mass is 407 g/mol. The second-order valence-electron chi connectivity index (χ2n) is 8.45. The van der Waals surface area contributed by atoms with E-state index in [0.717, 1.165) is 36.9 Å². The Kier molecular flexibility index (Phi) is 4.72. The van der Waals surface area contributed by atoms with Crippen LogP contribution in [0.5, 0.6) is 0 Å². The first-order chi connectivity index (χ1) is 14.5.